The Bertz CT molecular complexity index is 635. The van der Waals surface area contributed by atoms with E-state index in [1.165, 1.54) is 45.6 Å². The molecule has 0 spiro atoms. The number of benzene rings is 1. The minimum Gasteiger partial charge on any atom is -0.468 e. The van der Waals surface area contributed by atoms with Crippen LogP contribution in [0.25, 0.3) is 0 Å². The van der Waals surface area contributed by atoms with Gasteiger partial charge in [0.15, 0.2) is 0 Å². The van der Waals surface area contributed by atoms with Gasteiger partial charge < -0.3 is 10.1 Å². The zero-order valence-corrected chi connectivity index (χ0v) is 15.2. The molecule has 6 rings (SSSR count). The summed E-state index contributed by atoms with van der Waals surface area (Å²) in [5.41, 5.74) is 1.08. The van der Waals surface area contributed by atoms with E-state index in [-0.39, 0.29) is 5.97 Å². The highest BCUT2D eigenvalue weighted by Crippen LogP contribution is 2.58. The van der Waals surface area contributed by atoms with Gasteiger partial charge in [0.05, 0.1) is 12.5 Å². The van der Waals surface area contributed by atoms with Crippen molar-refractivity contribution in [3.63, 3.8) is 0 Å². The SMILES string of the molecule is COC(=O)[C@]1(c2ccccc2)C[C@H]1CNC12CC3CC(CC(C3)C1)C2. The van der Waals surface area contributed by atoms with Crippen LogP contribution in [0.3, 0.4) is 0 Å². The average Bonchev–Trinajstić information content (AvgIpc) is 3.35. The molecule has 0 saturated heterocycles. The third-order valence-corrected chi connectivity index (χ3v) is 7.71. The number of methoxy groups -OCH3 is 1. The summed E-state index contributed by atoms with van der Waals surface area (Å²) in [4.78, 5) is 12.6. The molecule has 0 aromatic heterocycles. The van der Waals surface area contributed by atoms with Gasteiger partial charge in [0, 0.05) is 5.54 Å². The fourth-order valence-corrected chi connectivity index (χ4v) is 6.88. The lowest BCUT2D eigenvalue weighted by molar-refractivity contribution is -0.144. The summed E-state index contributed by atoms with van der Waals surface area (Å²) in [5, 5.41) is 3.98. The first-order valence-electron chi connectivity index (χ1n) is 10.0. The Hall–Kier alpha value is -1.35. The van der Waals surface area contributed by atoms with E-state index in [0.717, 1.165) is 36.3 Å². The molecule has 2 atom stereocenters. The summed E-state index contributed by atoms with van der Waals surface area (Å²) in [7, 11) is 1.52. The van der Waals surface area contributed by atoms with Crippen molar-refractivity contribution in [3.05, 3.63) is 35.9 Å². The van der Waals surface area contributed by atoms with Gasteiger partial charge in [-0.1, -0.05) is 30.3 Å². The average molecular weight is 339 g/mol. The summed E-state index contributed by atoms with van der Waals surface area (Å²) >= 11 is 0. The van der Waals surface area contributed by atoms with E-state index in [9.17, 15) is 4.79 Å². The van der Waals surface area contributed by atoms with Crippen LogP contribution in [0.15, 0.2) is 30.3 Å². The maximum absolute atomic E-state index is 12.6. The van der Waals surface area contributed by atoms with Crippen molar-refractivity contribution in [2.24, 2.45) is 23.7 Å². The molecule has 3 nitrogen and oxygen atoms in total. The fraction of sp³-hybridized carbons (Fsp3) is 0.682. The molecule has 5 saturated carbocycles. The number of carbonyl (C=O) groups is 1. The molecule has 5 aliphatic rings. The second-order valence-corrected chi connectivity index (χ2v) is 9.31. The number of hydrogen-bond donors (Lipinski definition) is 1. The van der Waals surface area contributed by atoms with E-state index in [1.54, 1.807) is 0 Å². The van der Waals surface area contributed by atoms with Gasteiger partial charge >= 0.3 is 5.97 Å². The first kappa shape index (κ1) is 15.9. The molecule has 4 bridgehead atoms. The molecule has 1 aromatic carbocycles. The highest BCUT2D eigenvalue weighted by atomic mass is 16.5. The van der Waals surface area contributed by atoms with Crippen LogP contribution < -0.4 is 5.32 Å². The number of nitrogens with one attached hydrogen (secondary N) is 1. The predicted molar refractivity (Wildman–Crippen MR) is 97.1 cm³/mol. The van der Waals surface area contributed by atoms with Crippen molar-refractivity contribution in [1.82, 2.24) is 5.32 Å². The van der Waals surface area contributed by atoms with Crippen LogP contribution >= 0.6 is 0 Å². The Labute approximate surface area is 150 Å². The second-order valence-electron chi connectivity index (χ2n) is 9.31. The van der Waals surface area contributed by atoms with E-state index < -0.39 is 5.41 Å². The van der Waals surface area contributed by atoms with Crippen molar-refractivity contribution >= 4 is 5.97 Å². The van der Waals surface area contributed by atoms with Gasteiger partial charge in [0.25, 0.3) is 0 Å². The summed E-state index contributed by atoms with van der Waals surface area (Å²) in [6.07, 6.45) is 9.43. The van der Waals surface area contributed by atoms with Gasteiger partial charge in [-0.25, -0.2) is 0 Å². The zero-order valence-electron chi connectivity index (χ0n) is 15.2. The number of hydrogen-bond acceptors (Lipinski definition) is 3. The summed E-state index contributed by atoms with van der Waals surface area (Å²) in [5.74, 6) is 3.18. The largest absolute Gasteiger partial charge is 0.468 e. The van der Waals surface area contributed by atoms with Crippen molar-refractivity contribution in [3.8, 4) is 0 Å². The summed E-state index contributed by atoms with van der Waals surface area (Å²) < 4.78 is 5.19. The molecule has 1 aromatic rings. The topological polar surface area (TPSA) is 38.3 Å². The van der Waals surface area contributed by atoms with E-state index >= 15 is 0 Å². The van der Waals surface area contributed by atoms with Crippen LogP contribution in [-0.2, 0) is 14.9 Å². The van der Waals surface area contributed by atoms with Gasteiger partial charge in [0.1, 0.15) is 0 Å². The number of rotatable bonds is 5. The molecule has 1 N–H and O–H groups in total. The van der Waals surface area contributed by atoms with Crippen LogP contribution in [0, 0.1) is 23.7 Å². The molecule has 0 heterocycles. The smallest absolute Gasteiger partial charge is 0.316 e. The fourth-order valence-electron chi connectivity index (χ4n) is 6.88. The minimum absolute atomic E-state index is 0.0592. The van der Waals surface area contributed by atoms with Gasteiger partial charge in [-0.3, -0.25) is 4.79 Å². The summed E-state index contributed by atoms with van der Waals surface area (Å²) in [6.45, 7) is 0.955. The Morgan fingerprint density at radius 3 is 2.20 bits per heavy atom. The van der Waals surface area contributed by atoms with Gasteiger partial charge in [-0.15, -0.1) is 0 Å². The zero-order chi connectivity index (χ0) is 17.1. The molecular formula is C22H29NO2. The molecule has 5 fully saturated rings. The standard InChI is InChI=1S/C22H29NO2/c1-25-20(24)22(18-5-3-2-4-6-18)13-19(22)14-23-21-10-15-7-16(11-21)9-17(8-15)12-21/h2-6,15-17,19,23H,7-14H2,1H3/t15?,16?,17?,19-,21?,22-/m0/s1. The highest BCUT2D eigenvalue weighted by Gasteiger charge is 2.62. The van der Waals surface area contributed by atoms with Crippen LogP contribution in [0.5, 0.6) is 0 Å². The maximum Gasteiger partial charge on any atom is 0.316 e. The Balaban J connectivity index is 1.31. The monoisotopic (exact) mass is 339 g/mol. The maximum atomic E-state index is 12.6. The van der Waals surface area contributed by atoms with E-state index in [1.807, 2.05) is 18.2 Å². The predicted octanol–water partition coefficient (Wildman–Crippen LogP) is 3.68. The lowest BCUT2D eigenvalue weighted by Crippen LogP contribution is -2.58. The first-order valence-corrected chi connectivity index (χ1v) is 10.0. The van der Waals surface area contributed by atoms with Crippen LogP contribution in [0.1, 0.15) is 50.5 Å². The lowest BCUT2D eigenvalue weighted by Gasteiger charge is -2.57. The molecule has 134 valence electrons. The normalized spacial score (nSPS) is 43.9. The molecule has 0 amide bonds. The first-order chi connectivity index (χ1) is 12.1. The van der Waals surface area contributed by atoms with Gasteiger partial charge in [0.2, 0.25) is 0 Å². The van der Waals surface area contributed by atoms with E-state index in [4.69, 9.17) is 4.74 Å². The van der Waals surface area contributed by atoms with E-state index in [0.29, 0.717) is 11.5 Å². The van der Waals surface area contributed by atoms with Crippen molar-refractivity contribution in [2.75, 3.05) is 13.7 Å². The third kappa shape index (κ3) is 2.46. The third-order valence-electron chi connectivity index (χ3n) is 7.71. The summed E-state index contributed by atoms with van der Waals surface area (Å²) in [6, 6.07) is 10.2. The molecular weight excluding hydrogens is 310 g/mol. The van der Waals surface area contributed by atoms with Crippen LogP contribution in [0.2, 0.25) is 0 Å². The molecule has 25 heavy (non-hydrogen) atoms. The van der Waals surface area contributed by atoms with Crippen molar-refractivity contribution in [1.29, 1.82) is 0 Å². The molecule has 0 radical (unpaired) electrons. The quantitative estimate of drug-likeness (QED) is 0.832. The van der Waals surface area contributed by atoms with Gasteiger partial charge in [-0.2, -0.15) is 0 Å². The Kier molecular flexibility index (Phi) is 3.54. The molecule has 5 aliphatic carbocycles. The van der Waals surface area contributed by atoms with Gasteiger partial charge in [-0.05, 0) is 80.7 Å². The molecule has 3 heteroatoms. The molecule has 0 aliphatic heterocycles. The number of ether oxygens (including phenoxy) is 1. The van der Waals surface area contributed by atoms with Crippen LogP contribution in [0.4, 0.5) is 0 Å². The van der Waals surface area contributed by atoms with E-state index in [2.05, 4.69) is 17.4 Å². The lowest BCUT2D eigenvalue weighted by atomic mass is 9.53. The van der Waals surface area contributed by atoms with Crippen molar-refractivity contribution < 1.29 is 9.53 Å². The minimum atomic E-state index is -0.411. The van der Waals surface area contributed by atoms with Crippen molar-refractivity contribution in [2.45, 2.75) is 55.9 Å². The molecule has 0 unspecified atom stereocenters. The van der Waals surface area contributed by atoms with Crippen LogP contribution in [-0.4, -0.2) is 25.2 Å². The number of esters is 1. The Morgan fingerprint density at radius 2 is 1.64 bits per heavy atom. The second kappa shape index (κ2) is 5.57. The Morgan fingerprint density at radius 1 is 1.04 bits per heavy atom. The number of carbonyl (C=O) groups excluding carboxylic acids is 1. The highest BCUT2D eigenvalue weighted by molar-refractivity contribution is 5.87.